The Bertz CT molecular complexity index is 1420. The summed E-state index contributed by atoms with van der Waals surface area (Å²) in [6, 6.07) is 38.5. The quantitative estimate of drug-likeness (QED) is 0.277. The van der Waals surface area contributed by atoms with Crippen LogP contribution in [0, 0.1) is 0 Å². The van der Waals surface area contributed by atoms with E-state index in [9.17, 15) is 4.79 Å². The van der Waals surface area contributed by atoms with Gasteiger partial charge in [0.05, 0.1) is 0 Å². The number of carbonyl (C=O) groups excluding carboxylic acids is 1. The van der Waals surface area contributed by atoms with Gasteiger partial charge < -0.3 is 5.32 Å². The third-order valence-electron chi connectivity index (χ3n) is 5.58. The van der Waals surface area contributed by atoms with E-state index in [0.29, 0.717) is 5.56 Å². The van der Waals surface area contributed by atoms with Crippen LogP contribution in [0.4, 0.5) is 5.69 Å². The molecule has 0 spiro atoms. The molecule has 0 fully saturated rings. The number of rotatable bonds is 4. The lowest BCUT2D eigenvalue weighted by Crippen LogP contribution is -2.12. The van der Waals surface area contributed by atoms with E-state index in [1.54, 1.807) is 0 Å². The standard InChI is InChI=1S/C29H20BrNO/c30-22-18-16-21(17-19-22)29(32)31-28-15-6-5-13-27(28)26-12-4-3-11-25(26)24-14-7-9-20-8-1-2-10-23(20)24/h1-19H,(H,31,32). The fraction of sp³-hybridized carbons (Fsp3) is 0. The Labute approximate surface area is 195 Å². The number of nitrogens with one attached hydrogen (secondary N) is 1. The van der Waals surface area contributed by atoms with Crippen molar-refractivity contribution in [2.24, 2.45) is 0 Å². The van der Waals surface area contributed by atoms with Gasteiger partial charge in [0.25, 0.3) is 5.91 Å². The second-order valence-corrected chi connectivity index (χ2v) is 8.49. The van der Waals surface area contributed by atoms with Crippen LogP contribution in [-0.4, -0.2) is 5.91 Å². The highest BCUT2D eigenvalue weighted by atomic mass is 79.9. The third kappa shape index (κ3) is 3.95. The zero-order valence-corrected chi connectivity index (χ0v) is 18.8. The zero-order valence-electron chi connectivity index (χ0n) is 17.3. The first kappa shape index (κ1) is 20.2. The van der Waals surface area contributed by atoms with Crippen molar-refractivity contribution in [1.29, 1.82) is 0 Å². The van der Waals surface area contributed by atoms with Gasteiger partial charge in [0.1, 0.15) is 0 Å². The average Bonchev–Trinajstić information content (AvgIpc) is 2.84. The average molecular weight is 478 g/mol. The summed E-state index contributed by atoms with van der Waals surface area (Å²) in [5.74, 6) is -0.132. The summed E-state index contributed by atoms with van der Waals surface area (Å²) in [5, 5.41) is 5.52. The number of fused-ring (bicyclic) bond motifs is 1. The second-order valence-electron chi connectivity index (χ2n) is 7.58. The Morgan fingerprint density at radius 3 is 1.91 bits per heavy atom. The maximum atomic E-state index is 12.9. The number of hydrogen-bond acceptors (Lipinski definition) is 1. The number of hydrogen-bond donors (Lipinski definition) is 1. The third-order valence-corrected chi connectivity index (χ3v) is 6.11. The van der Waals surface area contributed by atoms with E-state index in [2.05, 4.69) is 88.0 Å². The van der Waals surface area contributed by atoms with Crippen LogP contribution < -0.4 is 5.32 Å². The molecule has 5 rings (SSSR count). The molecule has 5 aromatic carbocycles. The molecule has 0 aliphatic rings. The predicted octanol–water partition coefficient (Wildman–Crippen LogP) is 8.19. The summed E-state index contributed by atoms with van der Waals surface area (Å²) in [7, 11) is 0. The lowest BCUT2D eigenvalue weighted by molar-refractivity contribution is 0.102. The lowest BCUT2D eigenvalue weighted by atomic mass is 9.91. The van der Waals surface area contributed by atoms with Crippen LogP contribution in [0.15, 0.2) is 120 Å². The van der Waals surface area contributed by atoms with Crippen LogP contribution in [-0.2, 0) is 0 Å². The van der Waals surface area contributed by atoms with E-state index < -0.39 is 0 Å². The number of para-hydroxylation sites is 1. The van der Waals surface area contributed by atoms with Crippen molar-refractivity contribution in [3.63, 3.8) is 0 Å². The summed E-state index contributed by atoms with van der Waals surface area (Å²) < 4.78 is 0.943. The van der Waals surface area contributed by atoms with Crippen LogP contribution in [0.5, 0.6) is 0 Å². The van der Waals surface area contributed by atoms with E-state index in [1.807, 2.05) is 48.5 Å². The highest BCUT2D eigenvalue weighted by Gasteiger charge is 2.14. The molecule has 0 atom stereocenters. The van der Waals surface area contributed by atoms with Gasteiger partial charge >= 0.3 is 0 Å². The van der Waals surface area contributed by atoms with E-state index >= 15 is 0 Å². The van der Waals surface area contributed by atoms with Crippen molar-refractivity contribution in [1.82, 2.24) is 0 Å². The predicted molar refractivity (Wildman–Crippen MR) is 137 cm³/mol. The molecule has 0 unspecified atom stereocenters. The van der Waals surface area contributed by atoms with Gasteiger partial charge in [0.2, 0.25) is 0 Å². The Morgan fingerprint density at radius 2 is 1.12 bits per heavy atom. The molecular formula is C29H20BrNO. The fourth-order valence-corrected chi connectivity index (χ4v) is 4.30. The van der Waals surface area contributed by atoms with Crippen LogP contribution in [0.2, 0.25) is 0 Å². The normalized spacial score (nSPS) is 10.8. The second kappa shape index (κ2) is 8.81. The molecule has 1 amide bonds. The Hall–Kier alpha value is -3.69. The maximum absolute atomic E-state index is 12.9. The number of anilines is 1. The van der Waals surface area contributed by atoms with E-state index in [1.165, 1.54) is 16.3 Å². The Kier molecular flexibility index (Phi) is 5.57. The van der Waals surface area contributed by atoms with Crippen LogP contribution in [0.25, 0.3) is 33.0 Å². The summed E-state index contributed by atoms with van der Waals surface area (Å²) in [4.78, 5) is 12.9. The molecule has 0 radical (unpaired) electrons. The molecule has 0 aliphatic carbocycles. The number of benzene rings is 5. The Morgan fingerprint density at radius 1 is 0.562 bits per heavy atom. The van der Waals surface area contributed by atoms with Gasteiger partial charge in [0, 0.05) is 21.3 Å². The first-order valence-electron chi connectivity index (χ1n) is 10.4. The summed E-state index contributed by atoms with van der Waals surface area (Å²) >= 11 is 3.42. The van der Waals surface area contributed by atoms with Crippen molar-refractivity contribution >= 4 is 38.3 Å². The molecule has 1 N–H and O–H groups in total. The minimum atomic E-state index is -0.132. The smallest absolute Gasteiger partial charge is 0.255 e. The molecule has 0 heterocycles. The van der Waals surface area contributed by atoms with Gasteiger partial charge in [-0.05, 0) is 57.8 Å². The minimum Gasteiger partial charge on any atom is -0.321 e. The number of carbonyl (C=O) groups is 1. The SMILES string of the molecule is O=C(Nc1ccccc1-c1ccccc1-c1cccc2ccccc12)c1ccc(Br)cc1. The topological polar surface area (TPSA) is 29.1 Å². The van der Waals surface area contributed by atoms with E-state index in [4.69, 9.17) is 0 Å². The Balaban J connectivity index is 1.60. The molecular weight excluding hydrogens is 458 g/mol. The molecule has 0 bridgehead atoms. The summed E-state index contributed by atoms with van der Waals surface area (Å²) in [6.07, 6.45) is 0. The molecule has 32 heavy (non-hydrogen) atoms. The van der Waals surface area contributed by atoms with E-state index in [0.717, 1.165) is 26.9 Å². The highest BCUT2D eigenvalue weighted by Crippen LogP contribution is 2.38. The molecule has 0 saturated carbocycles. The first-order valence-corrected chi connectivity index (χ1v) is 11.2. The van der Waals surface area contributed by atoms with Gasteiger partial charge in [-0.1, -0.05) is 101 Å². The van der Waals surface area contributed by atoms with Crippen molar-refractivity contribution in [3.05, 3.63) is 125 Å². The van der Waals surface area contributed by atoms with Crippen LogP contribution >= 0.6 is 15.9 Å². The largest absolute Gasteiger partial charge is 0.321 e. The lowest BCUT2D eigenvalue weighted by Gasteiger charge is -2.16. The fourth-order valence-electron chi connectivity index (χ4n) is 4.04. The van der Waals surface area contributed by atoms with Crippen molar-refractivity contribution in [2.75, 3.05) is 5.32 Å². The molecule has 0 saturated heterocycles. The summed E-state index contributed by atoms with van der Waals surface area (Å²) in [5.41, 5.74) is 5.78. The first-order chi connectivity index (χ1) is 15.7. The minimum absolute atomic E-state index is 0.132. The van der Waals surface area contributed by atoms with Crippen LogP contribution in [0.3, 0.4) is 0 Å². The van der Waals surface area contributed by atoms with Crippen molar-refractivity contribution in [3.8, 4) is 22.3 Å². The molecule has 5 aromatic rings. The van der Waals surface area contributed by atoms with Gasteiger partial charge in [-0.3, -0.25) is 4.79 Å². The highest BCUT2D eigenvalue weighted by molar-refractivity contribution is 9.10. The summed E-state index contributed by atoms with van der Waals surface area (Å²) in [6.45, 7) is 0. The van der Waals surface area contributed by atoms with Gasteiger partial charge in [0.15, 0.2) is 0 Å². The van der Waals surface area contributed by atoms with Crippen molar-refractivity contribution < 1.29 is 4.79 Å². The van der Waals surface area contributed by atoms with Gasteiger partial charge in [-0.15, -0.1) is 0 Å². The monoisotopic (exact) mass is 477 g/mol. The zero-order chi connectivity index (χ0) is 21.9. The number of amides is 1. The van der Waals surface area contributed by atoms with E-state index in [-0.39, 0.29) is 5.91 Å². The van der Waals surface area contributed by atoms with Gasteiger partial charge in [-0.25, -0.2) is 0 Å². The number of halogens is 1. The van der Waals surface area contributed by atoms with Gasteiger partial charge in [-0.2, -0.15) is 0 Å². The molecule has 2 nitrogen and oxygen atoms in total. The van der Waals surface area contributed by atoms with Crippen LogP contribution in [0.1, 0.15) is 10.4 Å². The van der Waals surface area contributed by atoms with Crippen molar-refractivity contribution in [2.45, 2.75) is 0 Å². The molecule has 0 aliphatic heterocycles. The molecule has 0 aromatic heterocycles. The maximum Gasteiger partial charge on any atom is 0.255 e. The molecule has 154 valence electrons. The molecule has 3 heteroatoms.